The first-order valence-electron chi connectivity index (χ1n) is 3.58. The summed E-state index contributed by atoms with van der Waals surface area (Å²) in [7, 11) is 0. The fraction of sp³-hybridized carbons (Fsp3) is 0.286. The predicted octanol–water partition coefficient (Wildman–Crippen LogP) is 1.08. The van der Waals surface area contributed by atoms with E-state index >= 15 is 0 Å². The molecule has 1 N–H and O–H groups in total. The van der Waals surface area contributed by atoms with Gasteiger partial charge in [0, 0.05) is 6.07 Å². The molecule has 0 atom stereocenters. The van der Waals surface area contributed by atoms with E-state index in [4.69, 9.17) is 4.52 Å². The summed E-state index contributed by atoms with van der Waals surface area (Å²) in [4.78, 5) is 0. The largest absolute Gasteiger partial charge is 0.354 e. The Morgan fingerprint density at radius 1 is 1.33 bits per heavy atom. The number of rotatable bonds is 1. The molecule has 0 saturated heterocycles. The summed E-state index contributed by atoms with van der Waals surface area (Å²) in [6.45, 7) is 3.72. The predicted molar refractivity (Wildman–Crippen MR) is 41.4 cm³/mol. The summed E-state index contributed by atoms with van der Waals surface area (Å²) in [6, 6.07) is 1.82. The Hall–Kier alpha value is -1.65. The van der Waals surface area contributed by atoms with Gasteiger partial charge in [0.2, 0.25) is 0 Å². The van der Waals surface area contributed by atoms with Gasteiger partial charge >= 0.3 is 0 Å². The van der Waals surface area contributed by atoms with Crippen molar-refractivity contribution in [3.8, 4) is 11.5 Å². The van der Waals surface area contributed by atoms with Crippen LogP contribution in [0.4, 0.5) is 0 Å². The molecule has 0 fully saturated rings. The average Bonchev–Trinajstić information content (AvgIpc) is 2.58. The second kappa shape index (κ2) is 2.44. The lowest BCUT2D eigenvalue weighted by atomic mass is 10.2. The van der Waals surface area contributed by atoms with Crippen LogP contribution in [0.2, 0.25) is 0 Å². The Kier molecular flexibility index (Phi) is 1.43. The van der Waals surface area contributed by atoms with E-state index in [1.54, 1.807) is 0 Å². The molecular weight excluding hydrogens is 156 g/mol. The molecule has 2 aromatic rings. The zero-order valence-electron chi connectivity index (χ0n) is 6.83. The lowest BCUT2D eigenvalue weighted by Crippen LogP contribution is -1.76. The van der Waals surface area contributed by atoms with Gasteiger partial charge in [0.05, 0.1) is 11.4 Å². The number of H-pyrrole nitrogens is 1. The summed E-state index contributed by atoms with van der Waals surface area (Å²) >= 11 is 0. The van der Waals surface area contributed by atoms with Crippen molar-refractivity contribution in [2.24, 2.45) is 0 Å². The molecule has 5 heteroatoms. The third-order valence-electron chi connectivity index (χ3n) is 1.58. The van der Waals surface area contributed by atoms with E-state index in [-0.39, 0.29) is 0 Å². The highest BCUT2D eigenvalue weighted by Gasteiger charge is 2.10. The van der Waals surface area contributed by atoms with E-state index in [1.165, 1.54) is 0 Å². The Morgan fingerprint density at radius 2 is 2.17 bits per heavy atom. The minimum absolute atomic E-state index is 0.652. The number of aromatic amines is 1. The van der Waals surface area contributed by atoms with Crippen molar-refractivity contribution in [1.29, 1.82) is 0 Å². The van der Waals surface area contributed by atoms with Crippen molar-refractivity contribution in [3.05, 3.63) is 17.5 Å². The Balaban J connectivity index is 2.50. The number of nitrogens with zero attached hydrogens (tertiary/aromatic N) is 3. The van der Waals surface area contributed by atoms with E-state index in [2.05, 4.69) is 20.6 Å². The molecule has 62 valence electrons. The monoisotopic (exact) mass is 164 g/mol. The van der Waals surface area contributed by atoms with Crippen molar-refractivity contribution < 1.29 is 4.52 Å². The van der Waals surface area contributed by atoms with E-state index in [0.717, 1.165) is 17.1 Å². The molecule has 0 amide bonds. The van der Waals surface area contributed by atoms with Gasteiger partial charge in [-0.05, 0) is 13.8 Å². The number of aromatic nitrogens is 4. The molecule has 12 heavy (non-hydrogen) atoms. The van der Waals surface area contributed by atoms with Crippen LogP contribution < -0.4 is 0 Å². The first-order valence-corrected chi connectivity index (χ1v) is 3.58. The second-order valence-corrected chi connectivity index (χ2v) is 2.59. The molecule has 0 radical (unpaired) electrons. The van der Waals surface area contributed by atoms with Gasteiger partial charge in [0.25, 0.3) is 0 Å². The highest BCUT2D eigenvalue weighted by molar-refractivity contribution is 5.53. The van der Waals surface area contributed by atoms with Gasteiger partial charge < -0.3 is 4.52 Å². The van der Waals surface area contributed by atoms with Crippen LogP contribution in [0, 0.1) is 13.8 Å². The van der Waals surface area contributed by atoms with Crippen molar-refractivity contribution in [3.63, 3.8) is 0 Å². The summed E-state index contributed by atoms with van der Waals surface area (Å²) in [5, 5.41) is 14.1. The van der Waals surface area contributed by atoms with E-state index in [1.807, 2.05) is 19.9 Å². The summed E-state index contributed by atoms with van der Waals surface area (Å²) in [5.74, 6) is 0.652. The molecule has 5 nitrogen and oxygen atoms in total. The van der Waals surface area contributed by atoms with Gasteiger partial charge in [0.1, 0.15) is 0 Å². The van der Waals surface area contributed by atoms with Crippen LogP contribution in [0.15, 0.2) is 10.6 Å². The van der Waals surface area contributed by atoms with Gasteiger partial charge in [-0.3, -0.25) is 0 Å². The Morgan fingerprint density at radius 3 is 2.67 bits per heavy atom. The molecular formula is C7H8N4O. The summed E-state index contributed by atoms with van der Waals surface area (Å²) < 4.78 is 5.02. The topological polar surface area (TPSA) is 67.6 Å². The second-order valence-electron chi connectivity index (χ2n) is 2.59. The van der Waals surface area contributed by atoms with E-state index in [0.29, 0.717) is 5.76 Å². The van der Waals surface area contributed by atoms with Gasteiger partial charge in [-0.1, -0.05) is 5.16 Å². The normalized spacial score (nSPS) is 10.5. The zero-order valence-corrected chi connectivity index (χ0v) is 6.83. The number of aryl methyl sites for hydroxylation is 2. The lowest BCUT2D eigenvalue weighted by molar-refractivity contribution is 0.425. The first-order chi connectivity index (χ1) is 5.77. The first kappa shape index (κ1) is 7.02. The Labute approximate surface area is 68.8 Å². The quantitative estimate of drug-likeness (QED) is 0.684. The summed E-state index contributed by atoms with van der Waals surface area (Å²) in [5.41, 5.74) is 2.37. The van der Waals surface area contributed by atoms with Crippen LogP contribution in [-0.2, 0) is 0 Å². The van der Waals surface area contributed by atoms with Crippen molar-refractivity contribution in [2.75, 3.05) is 0 Å². The smallest absolute Gasteiger partial charge is 0.189 e. The standard InChI is InChI=1S/C7H8N4O/c1-4-3-6(12-10-4)7-5(2)8-11-9-7/h3H,1-2H3,(H,8,9,11). The molecule has 0 aliphatic heterocycles. The average molecular weight is 164 g/mol. The van der Waals surface area contributed by atoms with E-state index < -0.39 is 0 Å². The molecule has 0 aromatic carbocycles. The fourth-order valence-corrected chi connectivity index (χ4v) is 0.992. The molecule has 0 aliphatic carbocycles. The molecule has 0 spiro atoms. The molecule has 2 rings (SSSR count). The molecule has 0 saturated carbocycles. The minimum atomic E-state index is 0.652. The van der Waals surface area contributed by atoms with Crippen LogP contribution in [0.5, 0.6) is 0 Å². The third kappa shape index (κ3) is 0.990. The molecule has 0 aliphatic rings. The van der Waals surface area contributed by atoms with Crippen molar-refractivity contribution >= 4 is 0 Å². The summed E-state index contributed by atoms with van der Waals surface area (Å²) in [6.07, 6.45) is 0. The van der Waals surface area contributed by atoms with Crippen molar-refractivity contribution in [1.82, 2.24) is 20.6 Å². The van der Waals surface area contributed by atoms with Gasteiger partial charge in [-0.15, -0.1) is 0 Å². The Bertz CT molecular complexity index is 390. The maximum Gasteiger partial charge on any atom is 0.189 e. The van der Waals surface area contributed by atoms with Crippen LogP contribution in [0.1, 0.15) is 11.4 Å². The van der Waals surface area contributed by atoms with Crippen LogP contribution >= 0.6 is 0 Å². The maximum atomic E-state index is 5.02. The lowest BCUT2D eigenvalue weighted by Gasteiger charge is -1.85. The molecule has 2 heterocycles. The van der Waals surface area contributed by atoms with E-state index in [9.17, 15) is 0 Å². The fourth-order valence-electron chi connectivity index (χ4n) is 0.992. The van der Waals surface area contributed by atoms with Gasteiger partial charge in [-0.25, -0.2) is 0 Å². The van der Waals surface area contributed by atoms with Crippen LogP contribution in [0.25, 0.3) is 11.5 Å². The minimum Gasteiger partial charge on any atom is -0.354 e. The molecule has 0 bridgehead atoms. The highest BCUT2D eigenvalue weighted by Crippen LogP contribution is 2.18. The highest BCUT2D eigenvalue weighted by atomic mass is 16.5. The SMILES string of the molecule is Cc1cc(-c2n[nH]nc2C)on1. The van der Waals surface area contributed by atoms with Gasteiger partial charge in [0.15, 0.2) is 11.5 Å². The maximum absolute atomic E-state index is 5.02. The van der Waals surface area contributed by atoms with Crippen LogP contribution in [0.3, 0.4) is 0 Å². The van der Waals surface area contributed by atoms with Crippen molar-refractivity contribution in [2.45, 2.75) is 13.8 Å². The molecule has 0 unspecified atom stereocenters. The number of hydrogen-bond donors (Lipinski definition) is 1. The zero-order chi connectivity index (χ0) is 8.55. The number of hydrogen-bond acceptors (Lipinski definition) is 4. The third-order valence-corrected chi connectivity index (χ3v) is 1.58. The molecule has 2 aromatic heterocycles. The van der Waals surface area contributed by atoms with Crippen LogP contribution in [-0.4, -0.2) is 20.6 Å². The number of nitrogens with one attached hydrogen (secondary N) is 1. The van der Waals surface area contributed by atoms with Gasteiger partial charge in [-0.2, -0.15) is 15.4 Å².